The Balaban J connectivity index is 2.26. The number of hydrogen-bond donors (Lipinski definition) is 0. The van der Waals surface area contributed by atoms with Gasteiger partial charge in [0.1, 0.15) is 0 Å². The molecule has 0 saturated carbocycles. The third-order valence-electron chi connectivity index (χ3n) is 2.02. The fourth-order valence-electron chi connectivity index (χ4n) is 1.16. The number of allylic oxidation sites excluding steroid dienone is 3. The van der Waals surface area contributed by atoms with E-state index in [4.69, 9.17) is 4.74 Å². The lowest BCUT2D eigenvalue weighted by Gasteiger charge is -2.07. The molecule has 74 valence electrons. The van der Waals surface area contributed by atoms with Crippen LogP contribution >= 0.6 is 0 Å². The van der Waals surface area contributed by atoms with Crippen molar-refractivity contribution in [2.24, 2.45) is 0 Å². The van der Waals surface area contributed by atoms with Gasteiger partial charge in [-0.1, -0.05) is 12.2 Å². The topological polar surface area (TPSA) is 12.2 Å². The molecule has 0 spiro atoms. The molecule has 0 aromatic rings. The average molecular weight is 181 g/mol. The van der Waals surface area contributed by atoms with Gasteiger partial charge in [-0.2, -0.15) is 0 Å². The summed E-state index contributed by atoms with van der Waals surface area (Å²) < 4.78 is 5.51. The van der Waals surface area contributed by atoms with E-state index in [-0.39, 0.29) is 0 Å². The zero-order valence-electron chi connectivity index (χ0n) is 8.62. The zero-order valence-corrected chi connectivity index (χ0v) is 8.62. The number of nitrogens with zero attached hydrogens (tertiary/aromatic N) is 1. The molecule has 1 aliphatic rings. The second-order valence-corrected chi connectivity index (χ2v) is 3.18. The predicted molar refractivity (Wildman–Crippen MR) is 55.6 cm³/mol. The van der Waals surface area contributed by atoms with Crippen LogP contribution in [0.3, 0.4) is 0 Å². The Hall–Kier alpha value is -0.760. The van der Waals surface area contributed by atoms with Crippen molar-refractivity contribution >= 4 is 0 Å². The Morgan fingerprint density at radius 2 is 2.23 bits per heavy atom. The molecule has 0 aromatic heterocycles. The van der Waals surface area contributed by atoms with Gasteiger partial charge >= 0.3 is 0 Å². The van der Waals surface area contributed by atoms with Gasteiger partial charge in [-0.25, -0.2) is 0 Å². The van der Waals surface area contributed by atoms with Crippen LogP contribution in [0.4, 0.5) is 0 Å². The van der Waals surface area contributed by atoms with E-state index in [0.717, 1.165) is 25.3 Å². The lowest BCUT2D eigenvalue weighted by Crippen LogP contribution is -2.02. The molecule has 0 amide bonds. The van der Waals surface area contributed by atoms with Crippen LogP contribution in [0.1, 0.15) is 20.3 Å². The Morgan fingerprint density at radius 3 is 2.77 bits per heavy atom. The minimum Gasteiger partial charge on any atom is -0.498 e. The lowest BCUT2D eigenvalue weighted by molar-refractivity contribution is 0.215. The van der Waals surface area contributed by atoms with Crippen LogP contribution in [0.5, 0.6) is 0 Å². The lowest BCUT2D eigenvalue weighted by atomic mass is 10.3. The number of rotatable bonds is 6. The summed E-state index contributed by atoms with van der Waals surface area (Å²) in [5.74, 6) is 1.10. The van der Waals surface area contributed by atoms with Crippen molar-refractivity contribution in [3.05, 3.63) is 24.0 Å². The van der Waals surface area contributed by atoms with Gasteiger partial charge in [0, 0.05) is 26.1 Å². The van der Waals surface area contributed by atoms with E-state index in [1.807, 2.05) is 26.0 Å². The molecule has 2 nitrogen and oxygen atoms in total. The van der Waals surface area contributed by atoms with Gasteiger partial charge in [-0.3, -0.25) is 0 Å². The Kier molecular flexibility index (Phi) is 4.61. The molecule has 0 aliphatic carbocycles. The van der Waals surface area contributed by atoms with Crippen molar-refractivity contribution in [2.75, 3.05) is 26.2 Å². The predicted octanol–water partition coefficient (Wildman–Crippen LogP) is 2.19. The molecule has 0 aromatic carbocycles. The van der Waals surface area contributed by atoms with E-state index in [9.17, 15) is 0 Å². The van der Waals surface area contributed by atoms with Crippen LogP contribution < -0.4 is 0 Å². The van der Waals surface area contributed by atoms with Crippen molar-refractivity contribution < 1.29 is 4.74 Å². The van der Waals surface area contributed by atoms with Crippen molar-refractivity contribution in [3.8, 4) is 0 Å². The van der Waals surface area contributed by atoms with Crippen LogP contribution in [0.2, 0.25) is 0 Å². The summed E-state index contributed by atoms with van der Waals surface area (Å²) in [5.41, 5.74) is 0. The zero-order chi connectivity index (χ0) is 9.52. The molecule has 0 bridgehead atoms. The average Bonchev–Trinajstić information content (AvgIpc) is 2.93. The fraction of sp³-hybridized carbons (Fsp3) is 0.636. The molecule has 1 rings (SSSR count). The largest absolute Gasteiger partial charge is 0.498 e. The first-order valence-electron chi connectivity index (χ1n) is 5.03. The molecule has 1 saturated heterocycles. The highest BCUT2D eigenvalue weighted by atomic mass is 16.5. The first-order valence-corrected chi connectivity index (χ1v) is 5.03. The molecule has 13 heavy (non-hydrogen) atoms. The van der Waals surface area contributed by atoms with E-state index < -0.39 is 0 Å². The molecule has 1 aliphatic heterocycles. The first-order chi connectivity index (χ1) is 6.36. The van der Waals surface area contributed by atoms with Gasteiger partial charge in [-0.05, 0) is 19.9 Å². The van der Waals surface area contributed by atoms with Crippen LogP contribution in [0, 0.1) is 0 Å². The van der Waals surface area contributed by atoms with E-state index in [1.54, 1.807) is 0 Å². The maximum absolute atomic E-state index is 5.51. The monoisotopic (exact) mass is 181 g/mol. The van der Waals surface area contributed by atoms with Gasteiger partial charge in [0.15, 0.2) is 0 Å². The molecule has 0 unspecified atom stereocenters. The van der Waals surface area contributed by atoms with Crippen molar-refractivity contribution in [3.63, 3.8) is 0 Å². The Labute approximate surface area is 80.9 Å². The van der Waals surface area contributed by atoms with Gasteiger partial charge in [0.05, 0.1) is 12.4 Å². The van der Waals surface area contributed by atoms with Crippen molar-refractivity contribution in [2.45, 2.75) is 20.3 Å². The van der Waals surface area contributed by atoms with E-state index in [0.29, 0.717) is 0 Å². The highest BCUT2D eigenvalue weighted by Crippen LogP contribution is 2.10. The highest BCUT2D eigenvalue weighted by molar-refractivity contribution is 5.07. The number of ether oxygens (including phenoxy) is 1. The summed E-state index contributed by atoms with van der Waals surface area (Å²) in [6, 6.07) is 0. The Bertz CT molecular complexity index is 192. The van der Waals surface area contributed by atoms with E-state index in [2.05, 4.69) is 11.0 Å². The molecule has 0 N–H and O–H groups in total. The third-order valence-corrected chi connectivity index (χ3v) is 2.02. The van der Waals surface area contributed by atoms with Crippen LogP contribution in [0.25, 0.3) is 0 Å². The summed E-state index contributed by atoms with van der Waals surface area (Å²) in [6.07, 6.45) is 7.16. The van der Waals surface area contributed by atoms with Crippen LogP contribution in [-0.4, -0.2) is 31.1 Å². The summed E-state index contributed by atoms with van der Waals surface area (Å²) in [6.45, 7) is 8.49. The number of hydrogen-bond acceptors (Lipinski definition) is 2. The van der Waals surface area contributed by atoms with Gasteiger partial charge in [0.25, 0.3) is 0 Å². The molecular weight excluding hydrogens is 162 g/mol. The standard InChI is InChI=1S/C11H19NO/c1-3-5-6-11(13-4-2)7-8-12-9-10-12/h3,5-6H,4,7-10H2,1-2H3/b5-3-,11-6+. The minimum atomic E-state index is 0.767. The summed E-state index contributed by atoms with van der Waals surface area (Å²) in [5, 5.41) is 0. The normalized spacial score (nSPS) is 18.2. The second-order valence-electron chi connectivity index (χ2n) is 3.18. The molecule has 1 fully saturated rings. The summed E-state index contributed by atoms with van der Waals surface area (Å²) in [7, 11) is 0. The van der Waals surface area contributed by atoms with E-state index in [1.165, 1.54) is 13.1 Å². The summed E-state index contributed by atoms with van der Waals surface area (Å²) in [4.78, 5) is 2.41. The van der Waals surface area contributed by atoms with Gasteiger partial charge in [0.2, 0.25) is 0 Å². The fourth-order valence-corrected chi connectivity index (χ4v) is 1.16. The maximum Gasteiger partial charge on any atom is 0.0972 e. The van der Waals surface area contributed by atoms with Crippen molar-refractivity contribution in [1.29, 1.82) is 0 Å². The minimum absolute atomic E-state index is 0.767. The molecule has 0 atom stereocenters. The maximum atomic E-state index is 5.51. The highest BCUT2D eigenvalue weighted by Gasteiger charge is 2.16. The van der Waals surface area contributed by atoms with Crippen LogP contribution in [-0.2, 0) is 4.74 Å². The van der Waals surface area contributed by atoms with Crippen molar-refractivity contribution in [1.82, 2.24) is 4.90 Å². The third kappa shape index (κ3) is 4.73. The van der Waals surface area contributed by atoms with E-state index >= 15 is 0 Å². The SMILES string of the molecule is C/C=C\C=C(/CCN1CC1)OCC. The molecular formula is C11H19NO. The smallest absolute Gasteiger partial charge is 0.0972 e. The van der Waals surface area contributed by atoms with Crippen LogP contribution in [0.15, 0.2) is 24.0 Å². The first kappa shape index (κ1) is 10.3. The molecule has 2 heteroatoms. The second kappa shape index (κ2) is 5.81. The van der Waals surface area contributed by atoms with Gasteiger partial charge in [-0.15, -0.1) is 0 Å². The Morgan fingerprint density at radius 1 is 1.46 bits per heavy atom. The quantitative estimate of drug-likeness (QED) is 0.354. The molecule has 0 radical (unpaired) electrons. The summed E-state index contributed by atoms with van der Waals surface area (Å²) >= 11 is 0. The molecule has 1 heterocycles. The van der Waals surface area contributed by atoms with Gasteiger partial charge < -0.3 is 9.64 Å².